The Kier molecular flexibility index (Phi) is 5.70. The van der Waals surface area contributed by atoms with Gasteiger partial charge in [-0.1, -0.05) is 44.2 Å². The Morgan fingerprint density at radius 3 is 2.47 bits per heavy atom. The molecule has 0 aliphatic heterocycles. The summed E-state index contributed by atoms with van der Waals surface area (Å²) in [5.41, 5.74) is 1.02. The second-order valence-electron chi connectivity index (χ2n) is 4.57. The first kappa shape index (κ1) is 13.7. The lowest BCUT2D eigenvalue weighted by molar-refractivity contribution is -0.147. The molecule has 3 nitrogen and oxygen atoms in total. The summed E-state index contributed by atoms with van der Waals surface area (Å²) in [7, 11) is 0. The monoisotopic (exact) mass is 235 g/mol. The predicted octanol–water partition coefficient (Wildman–Crippen LogP) is 2.54. The van der Waals surface area contributed by atoms with Crippen LogP contribution in [0.2, 0.25) is 0 Å². The first-order chi connectivity index (χ1) is 8.09. The van der Waals surface area contributed by atoms with Gasteiger partial charge in [-0.15, -0.1) is 0 Å². The molecule has 17 heavy (non-hydrogen) atoms. The van der Waals surface area contributed by atoms with Crippen LogP contribution in [0.25, 0.3) is 0 Å². The van der Waals surface area contributed by atoms with Gasteiger partial charge in [0.1, 0.15) is 6.10 Å². The highest BCUT2D eigenvalue weighted by molar-refractivity contribution is 5.71. The molecule has 1 N–H and O–H groups in total. The molecule has 1 atom stereocenters. The van der Waals surface area contributed by atoms with Gasteiger partial charge >= 0.3 is 5.97 Å². The number of hydrogen-bond acceptors (Lipinski definition) is 3. The largest absolute Gasteiger partial charge is 0.457 e. The maximum Gasteiger partial charge on any atom is 0.320 e. The summed E-state index contributed by atoms with van der Waals surface area (Å²) in [6.07, 6.45) is -0.190. The number of carbonyl (C=O) groups excluding carboxylic acids is 1. The summed E-state index contributed by atoms with van der Waals surface area (Å²) in [6, 6.07) is 9.74. The second kappa shape index (κ2) is 7.07. The van der Waals surface area contributed by atoms with Gasteiger partial charge in [0.2, 0.25) is 0 Å². The molecule has 1 aromatic rings. The van der Waals surface area contributed by atoms with E-state index in [9.17, 15) is 4.79 Å². The Bertz CT molecular complexity index is 335. The molecule has 0 saturated carbocycles. The van der Waals surface area contributed by atoms with Crippen LogP contribution in [0.3, 0.4) is 0 Å². The van der Waals surface area contributed by atoms with Gasteiger partial charge in [0, 0.05) is 0 Å². The highest BCUT2D eigenvalue weighted by atomic mass is 16.5. The van der Waals surface area contributed by atoms with Crippen LogP contribution in [-0.2, 0) is 9.53 Å². The lowest BCUT2D eigenvalue weighted by Crippen LogP contribution is -2.28. The zero-order chi connectivity index (χ0) is 12.7. The predicted molar refractivity (Wildman–Crippen MR) is 68.7 cm³/mol. The van der Waals surface area contributed by atoms with Crippen LogP contribution in [-0.4, -0.2) is 19.1 Å². The molecule has 0 aliphatic carbocycles. The Morgan fingerprint density at radius 1 is 1.24 bits per heavy atom. The summed E-state index contributed by atoms with van der Waals surface area (Å²) in [5.74, 6) is 0.330. The third kappa shape index (κ3) is 5.50. The fourth-order valence-corrected chi connectivity index (χ4v) is 1.49. The zero-order valence-electron chi connectivity index (χ0n) is 10.8. The van der Waals surface area contributed by atoms with Crippen molar-refractivity contribution in [2.45, 2.75) is 26.9 Å². The van der Waals surface area contributed by atoms with Crippen LogP contribution in [0.5, 0.6) is 0 Å². The lowest BCUT2D eigenvalue weighted by Gasteiger charge is -2.14. The van der Waals surface area contributed by atoms with Gasteiger partial charge in [0.15, 0.2) is 0 Å². The van der Waals surface area contributed by atoms with E-state index >= 15 is 0 Å². The number of hydrogen-bond donors (Lipinski definition) is 1. The fraction of sp³-hybridized carbons (Fsp3) is 0.500. The smallest absolute Gasteiger partial charge is 0.320 e. The Hall–Kier alpha value is -1.35. The minimum absolute atomic E-state index is 0.190. The molecular formula is C14H21NO2. The van der Waals surface area contributed by atoms with Gasteiger partial charge in [0.25, 0.3) is 0 Å². The minimum Gasteiger partial charge on any atom is -0.457 e. The molecule has 94 valence electrons. The molecule has 0 heterocycles. The highest BCUT2D eigenvalue weighted by Gasteiger charge is 2.10. The molecule has 0 spiro atoms. The van der Waals surface area contributed by atoms with E-state index in [2.05, 4.69) is 19.2 Å². The molecule has 1 rings (SSSR count). The average Bonchev–Trinajstić information content (AvgIpc) is 2.29. The van der Waals surface area contributed by atoms with E-state index in [1.54, 1.807) is 0 Å². The first-order valence-electron chi connectivity index (χ1n) is 6.04. The maximum absolute atomic E-state index is 11.5. The molecule has 0 amide bonds. The third-order valence-corrected chi connectivity index (χ3v) is 2.40. The average molecular weight is 235 g/mol. The van der Waals surface area contributed by atoms with Gasteiger partial charge in [-0.2, -0.15) is 0 Å². The van der Waals surface area contributed by atoms with Crippen molar-refractivity contribution in [3.8, 4) is 0 Å². The maximum atomic E-state index is 11.5. The van der Waals surface area contributed by atoms with Crippen molar-refractivity contribution < 1.29 is 9.53 Å². The highest BCUT2D eigenvalue weighted by Crippen LogP contribution is 2.15. The van der Waals surface area contributed by atoms with Crippen LogP contribution in [0, 0.1) is 5.92 Å². The summed E-state index contributed by atoms with van der Waals surface area (Å²) in [6.45, 7) is 7.19. The third-order valence-electron chi connectivity index (χ3n) is 2.40. The van der Waals surface area contributed by atoms with Gasteiger partial charge in [-0.25, -0.2) is 0 Å². The van der Waals surface area contributed by atoms with E-state index in [1.165, 1.54) is 0 Å². The molecular weight excluding hydrogens is 214 g/mol. The van der Waals surface area contributed by atoms with E-state index in [4.69, 9.17) is 4.74 Å². The molecule has 1 aromatic carbocycles. The Labute approximate surface area is 103 Å². The van der Waals surface area contributed by atoms with E-state index in [0.29, 0.717) is 5.92 Å². The van der Waals surface area contributed by atoms with Crippen molar-refractivity contribution in [1.29, 1.82) is 0 Å². The zero-order valence-corrected chi connectivity index (χ0v) is 10.8. The Balaban J connectivity index is 2.31. The quantitative estimate of drug-likeness (QED) is 0.770. The van der Waals surface area contributed by atoms with Gasteiger partial charge in [-0.3, -0.25) is 4.79 Å². The summed E-state index contributed by atoms with van der Waals surface area (Å²) in [4.78, 5) is 11.5. The van der Waals surface area contributed by atoms with E-state index in [-0.39, 0.29) is 18.6 Å². The van der Waals surface area contributed by atoms with E-state index < -0.39 is 0 Å². The SMILES string of the molecule is CC(C)CNCC(=O)OC(C)c1ccccc1. The normalized spacial score (nSPS) is 12.5. The molecule has 0 radical (unpaired) electrons. The van der Waals surface area contributed by atoms with Crippen molar-refractivity contribution in [3.63, 3.8) is 0 Å². The topological polar surface area (TPSA) is 38.3 Å². The molecule has 0 bridgehead atoms. The number of ether oxygens (including phenoxy) is 1. The van der Waals surface area contributed by atoms with E-state index in [1.807, 2.05) is 37.3 Å². The summed E-state index contributed by atoms with van der Waals surface area (Å²) >= 11 is 0. The molecule has 1 unspecified atom stereocenters. The van der Waals surface area contributed by atoms with Gasteiger partial charge < -0.3 is 10.1 Å². The number of carbonyl (C=O) groups is 1. The van der Waals surface area contributed by atoms with Crippen molar-refractivity contribution in [3.05, 3.63) is 35.9 Å². The molecule has 3 heteroatoms. The standard InChI is InChI=1S/C14H21NO2/c1-11(2)9-15-10-14(16)17-12(3)13-7-5-4-6-8-13/h4-8,11-12,15H,9-10H2,1-3H3. The minimum atomic E-state index is -0.206. The first-order valence-corrected chi connectivity index (χ1v) is 6.04. The fourth-order valence-electron chi connectivity index (χ4n) is 1.49. The summed E-state index contributed by atoms with van der Waals surface area (Å²) in [5, 5.41) is 3.07. The molecule has 0 fully saturated rings. The van der Waals surface area contributed by atoms with Crippen LogP contribution >= 0.6 is 0 Å². The number of esters is 1. The van der Waals surface area contributed by atoms with Gasteiger partial charge in [-0.05, 0) is 24.9 Å². The van der Waals surface area contributed by atoms with Gasteiger partial charge in [0.05, 0.1) is 6.54 Å². The lowest BCUT2D eigenvalue weighted by atomic mass is 10.1. The van der Waals surface area contributed by atoms with Crippen LogP contribution < -0.4 is 5.32 Å². The number of nitrogens with one attached hydrogen (secondary N) is 1. The number of rotatable bonds is 6. The van der Waals surface area contributed by atoms with Crippen molar-refractivity contribution in [2.75, 3.05) is 13.1 Å². The molecule has 0 saturated heterocycles. The molecule has 0 aromatic heterocycles. The van der Waals surface area contributed by atoms with Crippen LogP contribution in [0.1, 0.15) is 32.4 Å². The number of benzene rings is 1. The van der Waals surface area contributed by atoms with Crippen LogP contribution in [0.15, 0.2) is 30.3 Å². The van der Waals surface area contributed by atoms with E-state index in [0.717, 1.165) is 12.1 Å². The summed E-state index contributed by atoms with van der Waals surface area (Å²) < 4.78 is 5.32. The van der Waals surface area contributed by atoms with Crippen LogP contribution in [0.4, 0.5) is 0 Å². The van der Waals surface area contributed by atoms with Crippen molar-refractivity contribution in [1.82, 2.24) is 5.32 Å². The molecule has 0 aliphatic rings. The van der Waals surface area contributed by atoms with Crippen molar-refractivity contribution >= 4 is 5.97 Å². The Morgan fingerprint density at radius 2 is 1.88 bits per heavy atom. The van der Waals surface area contributed by atoms with Crippen molar-refractivity contribution in [2.24, 2.45) is 5.92 Å². The second-order valence-corrected chi connectivity index (χ2v) is 4.57.